The monoisotopic (exact) mass is 641 g/mol. The molecule has 0 fully saturated rings. The molecule has 1 heterocycles. The molecule has 0 aliphatic rings. The SMILES string of the molecule is CC(C)c1cc(O)c(O)c(C(=O)[O-])c1C(C)C.Cc1ccccc1NC(C)c1cccc(C(C)Nc2ccccc2C)n1.[Co+]. The molecule has 0 radical (unpaired) electrons. The van der Waals surface area contributed by atoms with Crippen LogP contribution in [0.25, 0.3) is 0 Å². The fourth-order valence-electron chi connectivity index (χ4n) is 5.03. The van der Waals surface area contributed by atoms with Gasteiger partial charge in [-0.25, -0.2) is 0 Å². The van der Waals surface area contributed by atoms with Crippen LogP contribution in [0.1, 0.15) is 109 Å². The molecule has 0 bridgehead atoms. The maximum absolute atomic E-state index is 11.1. The Balaban J connectivity index is 0.000000328. The minimum Gasteiger partial charge on any atom is -0.545 e. The average Bonchev–Trinajstić information content (AvgIpc) is 2.96. The quantitative estimate of drug-likeness (QED) is 0.138. The second kappa shape index (κ2) is 16.2. The van der Waals surface area contributed by atoms with Gasteiger partial charge in [-0.2, -0.15) is 0 Å². The number of carboxylic acid groups (broad SMARTS) is 1. The van der Waals surface area contributed by atoms with Crippen LogP contribution in [0.2, 0.25) is 0 Å². The van der Waals surface area contributed by atoms with Crippen molar-refractivity contribution in [1.29, 1.82) is 0 Å². The Morgan fingerprint density at radius 2 is 1.18 bits per heavy atom. The zero-order valence-corrected chi connectivity index (χ0v) is 27.8. The third kappa shape index (κ3) is 9.00. The van der Waals surface area contributed by atoms with Crippen molar-refractivity contribution < 1.29 is 36.9 Å². The summed E-state index contributed by atoms with van der Waals surface area (Å²) in [5.41, 5.74) is 7.81. The minimum atomic E-state index is -1.47. The van der Waals surface area contributed by atoms with Gasteiger partial charge in [0.25, 0.3) is 0 Å². The summed E-state index contributed by atoms with van der Waals surface area (Å²) in [6, 6.07) is 24.6. The Morgan fingerprint density at radius 1 is 0.727 bits per heavy atom. The Bertz CT molecular complexity index is 1490. The van der Waals surface area contributed by atoms with Crippen molar-refractivity contribution >= 4 is 17.3 Å². The van der Waals surface area contributed by atoms with E-state index in [1.165, 1.54) is 17.2 Å². The first-order valence-corrected chi connectivity index (χ1v) is 14.7. The van der Waals surface area contributed by atoms with Crippen molar-refractivity contribution in [2.75, 3.05) is 10.6 Å². The van der Waals surface area contributed by atoms with Crippen molar-refractivity contribution in [3.63, 3.8) is 0 Å². The zero-order valence-electron chi connectivity index (χ0n) is 26.7. The summed E-state index contributed by atoms with van der Waals surface area (Å²) in [4.78, 5) is 16.0. The number of nitrogens with zero attached hydrogens (tertiary/aromatic N) is 1. The summed E-state index contributed by atoms with van der Waals surface area (Å²) in [6.07, 6.45) is 0. The number of carbonyl (C=O) groups is 1. The summed E-state index contributed by atoms with van der Waals surface area (Å²) in [7, 11) is 0. The maximum atomic E-state index is 11.1. The summed E-state index contributed by atoms with van der Waals surface area (Å²) in [5.74, 6) is -2.52. The number of phenolic OH excluding ortho intramolecular Hbond substituents is 1. The van der Waals surface area contributed by atoms with Gasteiger partial charge in [0.05, 0.1) is 29.4 Å². The van der Waals surface area contributed by atoms with Crippen molar-refractivity contribution in [3.8, 4) is 11.5 Å². The number of para-hydroxylation sites is 2. The predicted molar refractivity (Wildman–Crippen MR) is 173 cm³/mol. The third-order valence-electron chi connectivity index (χ3n) is 7.47. The average molecular weight is 642 g/mol. The Morgan fingerprint density at radius 3 is 1.57 bits per heavy atom. The van der Waals surface area contributed by atoms with E-state index < -0.39 is 17.5 Å². The van der Waals surface area contributed by atoms with E-state index >= 15 is 0 Å². The second-order valence-corrected chi connectivity index (χ2v) is 11.6. The number of aromatic carboxylic acids is 1. The first kappa shape index (κ1) is 36.2. The van der Waals surface area contributed by atoms with Crippen molar-refractivity contribution in [2.24, 2.45) is 0 Å². The standard InChI is InChI=1S/C23H27N3.C13H18O4.Co/c1-16-10-5-7-12-20(16)24-18(3)22-14-9-15-23(26-22)19(4)25-21-13-8-6-11-17(21)2;1-6(2)8-5-9(14)12(15)11(13(16)17)10(8)7(3)4;/h5-15,18-19,24-25H,1-4H3;5-7,14-15H,1-4H3,(H,16,17);/q;;+1/p-1. The van der Waals surface area contributed by atoms with Crippen LogP contribution in [-0.4, -0.2) is 21.2 Å². The number of hydrogen-bond donors (Lipinski definition) is 4. The van der Waals surface area contributed by atoms with Gasteiger partial charge in [0.15, 0.2) is 11.5 Å². The summed E-state index contributed by atoms with van der Waals surface area (Å²) in [6.45, 7) is 16.0. The number of anilines is 2. The summed E-state index contributed by atoms with van der Waals surface area (Å²) >= 11 is 0. The van der Waals surface area contributed by atoms with Crippen LogP contribution in [0.15, 0.2) is 72.8 Å². The van der Waals surface area contributed by atoms with E-state index in [0.29, 0.717) is 5.56 Å². The first-order valence-electron chi connectivity index (χ1n) is 14.7. The topological polar surface area (TPSA) is 118 Å². The number of pyridine rings is 1. The Hall–Kier alpha value is -4.01. The number of rotatable bonds is 9. The normalized spacial score (nSPS) is 12.0. The molecule has 4 rings (SSSR count). The molecule has 2 unspecified atom stereocenters. The Kier molecular flexibility index (Phi) is 13.3. The van der Waals surface area contributed by atoms with Crippen LogP contribution < -0.4 is 15.7 Å². The van der Waals surface area contributed by atoms with Gasteiger partial charge in [-0.05, 0) is 92.1 Å². The predicted octanol–water partition coefficient (Wildman–Crippen LogP) is 7.75. The van der Waals surface area contributed by atoms with Crippen molar-refractivity contribution in [2.45, 2.75) is 79.3 Å². The fraction of sp³-hybridized carbons (Fsp3) is 0.333. The number of phenols is 2. The van der Waals surface area contributed by atoms with Crippen LogP contribution in [0.4, 0.5) is 11.4 Å². The van der Waals surface area contributed by atoms with E-state index in [4.69, 9.17) is 4.98 Å². The number of nitrogens with one attached hydrogen (secondary N) is 2. The number of aryl methyl sites for hydroxylation is 2. The van der Waals surface area contributed by atoms with Gasteiger partial charge in [0.2, 0.25) is 0 Å². The molecule has 236 valence electrons. The number of aromatic hydroxyl groups is 2. The second-order valence-electron chi connectivity index (χ2n) is 11.6. The van der Waals surface area contributed by atoms with E-state index in [1.807, 2.05) is 27.7 Å². The third-order valence-corrected chi connectivity index (χ3v) is 7.47. The molecule has 0 amide bonds. The molecule has 0 spiro atoms. The van der Waals surface area contributed by atoms with Gasteiger partial charge in [-0.3, -0.25) is 4.98 Å². The van der Waals surface area contributed by atoms with Gasteiger partial charge in [0.1, 0.15) is 0 Å². The van der Waals surface area contributed by atoms with Gasteiger partial charge < -0.3 is 30.7 Å². The smallest absolute Gasteiger partial charge is 0.545 e. The number of carboxylic acids is 1. The van der Waals surface area contributed by atoms with Crippen LogP contribution in [-0.2, 0) is 16.8 Å². The zero-order chi connectivity index (χ0) is 31.8. The molecule has 1 aromatic heterocycles. The maximum Gasteiger partial charge on any atom is 1.00 e. The summed E-state index contributed by atoms with van der Waals surface area (Å²) < 4.78 is 0. The number of carbonyl (C=O) groups excluding carboxylic acids is 1. The van der Waals surface area contributed by atoms with E-state index in [9.17, 15) is 20.1 Å². The molecule has 0 aliphatic carbocycles. The molecular weight excluding hydrogens is 597 g/mol. The van der Waals surface area contributed by atoms with Crippen molar-refractivity contribution in [3.05, 3.63) is 112 Å². The summed E-state index contributed by atoms with van der Waals surface area (Å²) in [5, 5.41) is 37.4. The number of benzene rings is 3. The van der Waals surface area contributed by atoms with Crippen molar-refractivity contribution in [1.82, 2.24) is 4.98 Å². The van der Waals surface area contributed by atoms with E-state index in [2.05, 4.69) is 105 Å². The molecule has 4 N–H and O–H groups in total. The largest absolute Gasteiger partial charge is 1.00 e. The van der Waals surface area contributed by atoms with Crippen LogP contribution in [0, 0.1) is 13.8 Å². The fourth-order valence-corrected chi connectivity index (χ4v) is 5.03. The molecule has 44 heavy (non-hydrogen) atoms. The molecule has 4 aromatic rings. The molecular formula is C36H44CoN3O4. The van der Waals surface area contributed by atoms with E-state index in [0.717, 1.165) is 28.3 Å². The van der Waals surface area contributed by atoms with Gasteiger partial charge in [-0.15, -0.1) is 0 Å². The van der Waals surface area contributed by atoms with E-state index in [1.54, 1.807) is 0 Å². The first-order chi connectivity index (χ1) is 20.3. The molecule has 2 atom stereocenters. The van der Waals surface area contributed by atoms with Crippen LogP contribution >= 0.6 is 0 Å². The van der Waals surface area contributed by atoms with Gasteiger partial charge in [0, 0.05) is 16.9 Å². The minimum absolute atomic E-state index is 0. The van der Waals surface area contributed by atoms with E-state index in [-0.39, 0.29) is 46.3 Å². The molecule has 0 saturated carbocycles. The number of hydrogen-bond acceptors (Lipinski definition) is 7. The van der Waals surface area contributed by atoms with Crippen LogP contribution in [0.5, 0.6) is 11.5 Å². The Labute approximate surface area is 272 Å². The van der Waals surface area contributed by atoms with Gasteiger partial charge in [-0.1, -0.05) is 70.2 Å². The molecule has 8 heteroatoms. The number of aromatic nitrogens is 1. The van der Waals surface area contributed by atoms with Crippen LogP contribution in [0.3, 0.4) is 0 Å². The molecule has 3 aromatic carbocycles. The molecule has 7 nitrogen and oxygen atoms in total. The molecule has 0 aliphatic heterocycles. The van der Waals surface area contributed by atoms with Gasteiger partial charge >= 0.3 is 16.8 Å². The molecule has 0 saturated heterocycles.